The quantitative estimate of drug-likeness (QED) is 0.0663. The van der Waals surface area contributed by atoms with Crippen molar-refractivity contribution in [3.63, 3.8) is 0 Å². The van der Waals surface area contributed by atoms with Crippen LogP contribution in [0, 0.1) is 28.6 Å². The number of rotatable bonds is 15. The molecule has 12 heteroatoms. The lowest BCUT2D eigenvalue weighted by molar-refractivity contribution is -0.199. The van der Waals surface area contributed by atoms with Crippen LogP contribution in [0.4, 0.5) is 0 Å². The molecule has 2 heterocycles. The van der Waals surface area contributed by atoms with Gasteiger partial charge in [0.15, 0.2) is 11.7 Å². The lowest BCUT2D eigenvalue weighted by Crippen LogP contribution is -2.65. The Kier molecular flexibility index (Phi) is 11.0. The monoisotopic (exact) mass is 615 g/mol. The van der Waals surface area contributed by atoms with Crippen LogP contribution in [0.3, 0.4) is 0 Å². The van der Waals surface area contributed by atoms with Crippen molar-refractivity contribution >= 4 is 42.0 Å². The number of thiophene rings is 1. The van der Waals surface area contributed by atoms with E-state index in [1.807, 2.05) is 11.4 Å². The highest BCUT2D eigenvalue weighted by atomic mass is 32.1. The van der Waals surface area contributed by atoms with Crippen molar-refractivity contribution in [1.29, 1.82) is 5.41 Å². The van der Waals surface area contributed by atoms with Crippen LogP contribution < -0.4 is 21.3 Å². The molecular weight excluding hydrogens is 565 g/mol. The Morgan fingerprint density at radius 3 is 2.56 bits per heavy atom. The molecule has 1 saturated heterocycles. The fraction of sp³-hybridized carbons (Fsp3) is 0.742. The lowest BCUT2D eigenvalue weighted by atomic mass is 9.43. The Balaban J connectivity index is 1.38. The summed E-state index contributed by atoms with van der Waals surface area (Å²) >= 11 is 1.40. The zero-order chi connectivity index (χ0) is 31.4. The average molecular weight is 616 g/mol. The van der Waals surface area contributed by atoms with E-state index in [1.165, 1.54) is 11.3 Å². The predicted molar refractivity (Wildman–Crippen MR) is 170 cm³/mol. The summed E-state index contributed by atoms with van der Waals surface area (Å²) in [5.41, 5.74) is -0.151. The first kappa shape index (κ1) is 33.5. The maximum Gasteiger partial charge on any atom is 0.481 e. The number of ketones is 1. The van der Waals surface area contributed by atoms with E-state index in [2.05, 4.69) is 55.9 Å². The molecule has 0 radical (unpaired) electrons. The second-order valence-electron chi connectivity index (χ2n) is 13.6. The molecule has 43 heavy (non-hydrogen) atoms. The van der Waals surface area contributed by atoms with Crippen LogP contribution in [0.15, 0.2) is 17.5 Å². The van der Waals surface area contributed by atoms with Crippen molar-refractivity contribution in [2.24, 2.45) is 23.2 Å². The van der Waals surface area contributed by atoms with Gasteiger partial charge in [0.25, 0.3) is 0 Å². The van der Waals surface area contributed by atoms with Crippen molar-refractivity contribution in [3.8, 4) is 0 Å². The van der Waals surface area contributed by atoms with Gasteiger partial charge < -0.3 is 30.6 Å². The van der Waals surface area contributed by atoms with Crippen LogP contribution in [-0.4, -0.2) is 68.0 Å². The predicted octanol–water partition coefficient (Wildman–Crippen LogP) is 3.91. The molecule has 2 bridgehead atoms. The molecule has 5 rings (SSSR count). The van der Waals surface area contributed by atoms with Crippen LogP contribution in [0.1, 0.15) is 95.7 Å². The summed E-state index contributed by atoms with van der Waals surface area (Å²) in [6.45, 7) is 11.5. The highest BCUT2D eigenvalue weighted by Gasteiger charge is 2.68. The van der Waals surface area contributed by atoms with E-state index >= 15 is 0 Å². The lowest BCUT2D eigenvalue weighted by Gasteiger charge is -2.64. The molecule has 5 N–H and O–H groups in total. The number of carbonyl (C=O) groups is 3. The van der Waals surface area contributed by atoms with Gasteiger partial charge in [-0.05, 0) is 80.1 Å². The van der Waals surface area contributed by atoms with Gasteiger partial charge in [0.2, 0.25) is 11.8 Å². The molecule has 6 atom stereocenters. The van der Waals surface area contributed by atoms with Gasteiger partial charge in [-0.25, -0.2) is 0 Å². The zero-order valence-electron chi connectivity index (χ0n) is 26.6. The van der Waals surface area contributed by atoms with Crippen molar-refractivity contribution in [2.75, 3.05) is 13.6 Å². The molecule has 0 spiro atoms. The normalized spacial score (nSPS) is 26.6. The van der Waals surface area contributed by atoms with Gasteiger partial charge in [0.1, 0.15) is 6.04 Å². The number of amides is 2. The zero-order valence-corrected chi connectivity index (χ0v) is 27.4. The molecular formula is C31H50BN5O5S. The van der Waals surface area contributed by atoms with E-state index in [1.54, 1.807) is 13.1 Å². The minimum absolute atomic E-state index is 0.0156. The van der Waals surface area contributed by atoms with E-state index in [-0.39, 0.29) is 59.5 Å². The van der Waals surface area contributed by atoms with Crippen molar-refractivity contribution < 1.29 is 23.7 Å². The maximum absolute atomic E-state index is 13.8. The summed E-state index contributed by atoms with van der Waals surface area (Å²) in [5.74, 6) is 0.694. The third kappa shape index (κ3) is 7.81. The number of guanidine groups is 1. The van der Waals surface area contributed by atoms with Crippen LogP contribution in [0.5, 0.6) is 0 Å². The van der Waals surface area contributed by atoms with E-state index in [9.17, 15) is 14.4 Å². The van der Waals surface area contributed by atoms with E-state index in [4.69, 9.17) is 14.7 Å². The van der Waals surface area contributed by atoms with Gasteiger partial charge in [0, 0.05) is 26.4 Å². The fourth-order valence-corrected chi connectivity index (χ4v) is 7.91. The average Bonchev–Trinajstić information content (AvgIpc) is 3.61. The summed E-state index contributed by atoms with van der Waals surface area (Å²) in [5, 5.41) is 21.4. The van der Waals surface area contributed by atoms with Gasteiger partial charge >= 0.3 is 7.12 Å². The molecule has 0 aromatic carbocycles. The summed E-state index contributed by atoms with van der Waals surface area (Å²) in [6, 6.07) is 2.87. The molecule has 2 amide bonds. The SMILES string of the molecule is CNC(=N)NCCC[C@H](NC(=O)CCCC(=O)c1cccs1)C(=O)N[C@@H](CC(C)C)B1O[C@@H]2C[C@@H]3C[C@@H](C3(C)C)[C@]2(C)O1. The highest BCUT2D eigenvalue weighted by Crippen LogP contribution is 2.65. The largest absolute Gasteiger partial charge is 0.481 e. The third-order valence-electron chi connectivity index (χ3n) is 9.83. The van der Waals surface area contributed by atoms with E-state index < -0.39 is 13.2 Å². The van der Waals surface area contributed by atoms with Crippen LogP contribution in [0.25, 0.3) is 0 Å². The number of Topliss-reactive ketones (excluding diaryl/α,β-unsaturated/α-hetero) is 1. The number of hydrogen-bond acceptors (Lipinski definition) is 7. The smallest absolute Gasteiger partial charge is 0.404 e. The molecule has 4 aliphatic rings. The summed E-state index contributed by atoms with van der Waals surface area (Å²) in [7, 11) is 1.12. The van der Waals surface area contributed by atoms with E-state index in [0.717, 1.165) is 12.8 Å². The molecule has 1 aromatic rings. The first-order chi connectivity index (χ1) is 20.3. The minimum atomic E-state index is -0.758. The minimum Gasteiger partial charge on any atom is -0.404 e. The van der Waals surface area contributed by atoms with Gasteiger partial charge in [-0.1, -0.05) is 33.8 Å². The summed E-state index contributed by atoms with van der Waals surface area (Å²) in [6.07, 6.45) is 4.65. The topological polar surface area (TPSA) is 142 Å². The molecule has 3 aliphatic carbocycles. The van der Waals surface area contributed by atoms with Gasteiger partial charge in [-0.3, -0.25) is 19.8 Å². The number of carbonyl (C=O) groups excluding carboxylic acids is 3. The van der Waals surface area contributed by atoms with Crippen LogP contribution in [0.2, 0.25) is 0 Å². The molecule has 238 valence electrons. The Bertz CT molecular complexity index is 1150. The number of nitrogens with one attached hydrogen (secondary N) is 5. The Morgan fingerprint density at radius 2 is 1.91 bits per heavy atom. The molecule has 1 aromatic heterocycles. The Hall–Kier alpha value is -2.44. The maximum atomic E-state index is 13.8. The highest BCUT2D eigenvalue weighted by molar-refractivity contribution is 7.12. The van der Waals surface area contributed by atoms with E-state index in [0.29, 0.717) is 54.9 Å². The number of hydrogen-bond donors (Lipinski definition) is 5. The van der Waals surface area contributed by atoms with Gasteiger partial charge in [-0.15, -0.1) is 11.3 Å². The summed E-state index contributed by atoms with van der Waals surface area (Å²) < 4.78 is 13.2. The Labute approximate surface area is 260 Å². The van der Waals surface area contributed by atoms with Gasteiger partial charge in [-0.2, -0.15) is 0 Å². The van der Waals surface area contributed by atoms with Crippen LogP contribution in [-0.2, 0) is 18.9 Å². The molecule has 1 aliphatic heterocycles. The summed E-state index contributed by atoms with van der Waals surface area (Å²) in [4.78, 5) is 39.7. The molecule has 4 fully saturated rings. The van der Waals surface area contributed by atoms with Crippen molar-refractivity contribution in [2.45, 2.75) is 110 Å². The fourth-order valence-electron chi connectivity index (χ4n) is 7.21. The van der Waals surface area contributed by atoms with Crippen LogP contribution >= 0.6 is 11.3 Å². The third-order valence-corrected chi connectivity index (χ3v) is 10.7. The second kappa shape index (κ2) is 14.1. The molecule has 10 nitrogen and oxygen atoms in total. The standard InChI is InChI=1S/C31H50BN5O5S/c1-19(2)16-26(32-41-25-18-20-17-24(30(20,3)4)31(25,5)42-32)37-28(40)21(10-8-14-35-29(33)34-6)36-27(39)13-7-11-22(38)23-12-9-15-43-23/h9,12,15,19-21,24-26H,7-8,10-11,13-14,16-18H2,1-6H3,(H,36,39)(H,37,40)(H3,33,34,35)/t20-,21-,24-,25+,26-,31-/m0/s1. The second-order valence-corrected chi connectivity index (χ2v) is 14.6. The molecule has 3 saturated carbocycles. The first-order valence-electron chi connectivity index (χ1n) is 15.8. The van der Waals surface area contributed by atoms with Crippen molar-refractivity contribution in [3.05, 3.63) is 22.4 Å². The molecule has 0 unspecified atom stereocenters. The Morgan fingerprint density at radius 1 is 1.14 bits per heavy atom. The van der Waals surface area contributed by atoms with Crippen molar-refractivity contribution in [1.82, 2.24) is 21.3 Å². The van der Waals surface area contributed by atoms with Gasteiger partial charge in [0.05, 0.1) is 22.5 Å². The first-order valence-corrected chi connectivity index (χ1v) is 16.7.